The van der Waals surface area contributed by atoms with E-state index in [9.17, 15) is 9.59 Å². The largest absolute Gasteiger partial charge is 0.364 e. The maximum absolute atomic E-state index is 15.7. The molecule has 0 bridgehead atoms. The van der Waals surface area contributed by atoms with Gasteiger partial charge in [-0.15, -0.1) is 0 Å². The number of benzene rings is 1. The molecule has 1 fully saturated rings. The van der Waals surface area contributed by atoms with Gasteiger partial charge in [-0.2, -0.15) is 5.10 Å². The van der Waals surface area contributed by atoms with Crippen molar-refractivity contribution in [2.45, 2.75) is 71.6 Å². The molecule has 1 aromatic carbocycles. The molecule has 3 aromatic heterocycles. The van der Waals surface area contributed by atoms with E-state index in [1.54, 1.807) is 36.2 Å². The van der Waals surface area contributed by atoms with Crippen molar-refractivity contribution in [3.05, 3.63) is 64.9 Å². The second-order valence-corrected chi connectivity index (χ2v) is 14.0. The quantitative estimate of drug-likeness (QED) is 0.319. The topological polar surface area (TPSA) is 102 Å². The van der Waals surface area contributed by atoms with E-state index in [2.05, 4.69) is 51.9 Å². The van der Waals surface area contributed by atoms with Crippen LogP contribution in [0.1, 0.15) is 60.9 Å². The molecular weight excluding hydrogens is 571 g/mol. The minimum atomic E-state index is -0.354. The Morgan fingerprint density at radius 2 is 1.98 bits per heavy atom. The van der Waals surface area contributed by atoms with Crippen LogP contribution in [0.5, 0.6) is 0 Å². The van der Waals surface area contributed by atoms with Crippen molar-refractivity contribution in [1.29, 1.82) is 0 Å². The van der Waals surface area contributed by atoms with Gasteiger partial charge in [0.15, 0.2) is 11.5 Å². The average Bonchev–Trinajstić information content (AvgIpc) is 3.66. The summed E-state index contributed by atoms with van der Waals surface area (Å²) < 4.78 is 17.9. The van der Waals surface area contributed by atoms with Gasteiger partial charge in [0, 0.05) is 69.8 Å². The number of rotatable bonds is 5. The molecule has 1 aliphatic carbocycles. The fourth-order valence-electron chi connectivity index (χ4n) is 7.39. The second-order valence-electron chi connectivity index (χ2n) is 14.0. The third-order valence-corrected chi connectivity index (χ3v) is 9.75. The number of aromatic nitrogens is 4. The van der Waals surface area contributed by atoms with Gasteiger partial charge in [-0.25, -0.2) is 14.2 Å². The summed E-state index contributed by atoms with van der Waals surface area (Å²) in [5, 5.41) is 11.8. The van der Waals surface area contributed by atoms with Crippen molar-refractivity contribution in [2.24, 2.45) is 5.41 Å². The standard InChI is InChI=1S/C34H41FN8O2/c1-20-6-9-24(19-43(20)33(45)40(4)5)37-31-29-25(10-11-36-30(29)38-39-31)21-7-8-22(26(35)14-21)18-41-12-13-42-27(32(41)44)15-23-16-34(2,3)17-28(23)42/h7-8,10-11,14-15,20,24H,6,9,12-13,16-19H2,1-5H3,(H2,36,37,38,39)/t20-,24+/m0/s1. The summed E-state index contributed by atoms with van der Waals surface area (Å²) in [6, 6.07) is 9.30. The van der Waals surface area contributed by atoms with E-state index in [1.165, 1.54) is 17.3 Å². The Morgan fingerprint density at radius 3 is 2.76 bits per heavy atom. The van der Waals surface area contributed by atoms with Gasteiger partial charge < -0.3 is 24.6 Å². The summed E-state index contributed by atoms with van der Waals surface area (Å²) in [5.41, 5.74) is 6.10. The highest BCUT2D eigenvalue weighted by atomic mass is 19.1. The SMILES string of the molecule is C[C@H]1CC[C@@H](Nc2n[nH]c3nccc(-c4ccc(CN5CCn6c(cc7c6CC(C)(C)C7)C5=O)c(F)c4)c23)CN1C(=O)N(C)C. The maximum Gasteiger partial charge on any atom is 0.319 e. The number of anilines is 1. The number of halogens is 1. The van der Waals surface area contributed by atoms with Gasteiger partial charge >= 0.3 is 6.03 Å². The lowest BCUT2D eigenvalue weighted by atomic mass is 9.90. The lowest BCUT2D eigenvalue weighted by Gasteiger charge is -2.39. The van der Waals surface area contributed by atoms with Gasteiger partial charge in [0.25, 0.3) is 5.91 Å². The molecule has 3 aliphatic rings. The number of likely N-dealkylation sites (tertiary alicyclic amines) is 1. The number of H-pyrrole nitrogens is 1. The minimum absolute atomic E-state index is 0.00766. The Morgan fingerprint density at radius 1 is 1.16 bits per heavy atom. The molecule has 10 nitrogen and oxygen atoms in total. The summed E-state index contributed by atoms with van der Waals surface area (Å²) in [7, 11) is 3.54. The van der Waals surface area contributed by atoms with Crippen molar-refractivity contribution >= 4 is 28.8 Å². The van der Waals surface area contributed by atoms with Gasteiger partial charge in [-0.05, 0) is 72.9 Å². The third kappa shape index (κ3) is 5.21. The minimum Gasteiger partial charge on any atom is -0.364 e. The molecule has 0 saturated carbocycles. The molecule has 0 unspecified atom stereocenters. The summed E-state index contributed by atoms with van der Waals surface area (Å²) in [4.78, 5) is 35.9. The van der Waals surface area contributed by atoms with Crippen molar-refractivity contribution in [3.63, 3.8) is 0 Å². The van der Waals surface area contributed by atoms with Crippen molar-refractivity contribution in [3.8, 4) is 11.1 Å². The number of fused-ring (bicyclic) bond motifs is 4. The van der Waals surface area contributed by atoms with E-state index in [0.717, 1.165) is 48.9 Å². The highest BCUT2D eigenvalue weighted by molar-refractivity contribution is 6.00. The maximum atomic E-state index is 15.7. The van der Waals surface area contributed by atoms with E-state index in [4.69, 9.17) is 0 Å². The molecule has 236 valence electrons. The number of hydrogen-bond donors (Lipinski definition) is 2. The van der Waals surface area contributed by atoms with Crippen LogP contribution in [0.3, 0.4) is 0 Å². The van der Waals surface area contributed by atoms with Crippen LogP contribution in [0.25, 0.3) is 22.2 Å². The highest BCUT2D eigenvalue weighted by Crippen LogP contribution is 2.39. The van der Waals surface area contributed by atoms with Crippen LogP contribution in [-0.4, -0.2) is 85.7 Å². The first-order chi connectivity index (χ1) is 21.5. The van der Waals surface area contributed by atoms with Gasteiger partial charge in [-0.3, -0.25) is 9.89 Å². The van der Waals surface area contributed by atoms with Crippen molar-refractivity contribution in [2.75, 3.05) is 32.5 Å². The molecule has 0 radical (unpaired) electrons. The molecule has 2 atom stereocenters. The smallest absolute Gasteiger partial charge is 0.319 e. The number of nitrogens with zero attached hydrogens (tertiary/aromatic N) is 6. The van der Waals surface area contributed by atoms with Crippen LogP contribution in [0.4, 0.5) is 15.0 Å². The fraction of sp³-hybridized carbons (Fsp3) is 0.471. The summed E-state index contributed by atoms with van der Waals surface area (Å²) in [6.45, 7) is 8.69. The summed E-state index contributed by atoms with van der Waals surface area (Å²) in [5.74, 6) is 0.240. The molecule has 4 aromatic rings. The van der Waals surface area contributed by atoms with Crippen LogP contribution in [0, 0.1) is 11.2 Å². The Kier molecular flexibility index (Phi) is 7.09. The van der Waals surface area contributed by atoms with Gasteiger partial charge in [-0.1, -0.05) is 26.0 Å². The zero-order valence-corrected chi connectivity index (χ0v) is 26.7. The van der Waals surface area contributed by atoms with E-state index < -0.39 is 0 Å². The van der Waals surface area contributed by atoms with Crippen molar-refractivity contribution in [1.82, 2.24) is 34.4 Å². The van der Waals surface area contributed by atoms with Crippen LogP contribution in [0.2, 0.25) is 0 Å². The Balaban J connectivity index is 1.10. The predicted octanol–water partition coefficient (Wildman–Crippen LogP) is 5.29. The zero-order valence-electron chi connectivity index (χ0n) is 26.7. The first-order valence-corrected chi connectivity index (χ1v) is 15.9. The molecular formula is C34H41FN8O2. The first kappa shape index (κ1) is 29.3. The molecule has 45 heavy (non-hydrogen) atoms. The zero-order chi connectivity index (χ0) is 31.6. The average molecular weight is 613 g/mol. The number of nitrogens with one attached hydrogen (secondary N) is 2. The molecule has 2 N–H and O–H groups in total. The predicted molar refractivity (Wildman–Crippen MR) is 172 cm³/mol. The summed E-state index contributed by atoms with van der Waals surface area (Å²) >= 11 is 0. The normalized spacial score (nSPS) is 20.8. The molecule has 1 saturated heterocycles. The third-order valence-electron chi connectivity index (χ3n) is 9.75. The summed E-state index contributed by atoms with van der Waals surface area (Å²) in [6.07, 6.45) is 5.42. The van der Waals surface area contributed by atoms with Crippen LogP contribution >= 0.6 is 0 Å². The van der Waals surface area contributed by atoms with Crippen LogP contribution < -0.4 is 5.32 Å². The number of urea groups is 1. The van der Waals surface area contributed by atoms with Crippen LogP contribution in [-0.2, 0) is 25.9 Å². The van der Waals surface area contributed by atoms with Gasteiger partial charge in [0.1, 0.15) is 11.5 Å². The molecule has 7 rings (SSSR count). The molecule has 11 heteroatoms. The number of carbonyl (C=O) groups is 2. The fourth-order valence-corrected chi connectivity index (χ4v) is 7.39. The number of pyridine rings is 1. The van der Waals surface area contributed by atoms with Crippen molar-refractivity contribution < 1.29 is 14.0 Å². The van der Waals surface area contributed by atoms with Gasteiger partial charge in [0.2, 0.25) is 0 Å². The number of piperidine rings is 1. The Labute approximate surface area is 262 Å². The van der Waals surface area contributed by atoms with E-state index in [0.29, 0.717) is 35.7 Å². The first-order valence-electron chi connectivity index (χ1n) is 15.9. The Hall–Kier alpha value is -4.41. The molecule has 5 heterocycles. The van der Waals surface area contributed by atoms with Gasteiger partial charge in [0.05, 0.1) is 5.39 Å². The number of carbonyl (C=O) groups excluding carboxylic acids is 2. The number of hydrogen-bond acceptors (Lipinski definition) is 5. The van der Waals surface area contributed by atoms with E-state index in [1.807, 2.05) is 17.0 Å². The molecule has 0 spiro atoms. The lowest BCUT2D eigenvalue weighted by molar-refractivity contribution is 0.0686. The monoisotopic (exact) mass is 612 g/mol. The molecule has 2 aliphatic heterocycles. The molecule has 3 amide bonds. The lowest BCUT2D eigenvalue weighted by Crippen LogP contribution is -2.52. The van der Waals surface area contributed by atoms with Crippen LogP contribution in [0.15, 0.2) is 36.5 Å². The highest BCUT2D eigenvalue weighted by Gasteiger charge is 2.36. The number of amides is 3. The second kappa shape index (κ2) is 10.9. The number of aromatic amines is 1. The Bertz CT molecular complexity index is 1810. The van der Waals surface area contributed by atoms with E-state index in [-0.39, 0.29) is 41.8 Å². The van der Waals surface area contributed by atoms with E-state index >= 15 is 4.39 Å².